The Morgan fingerprint density at radius 2 is 1.83 bits per heavy atom. The third-order valence-electron chi connectivity index (χ3n) is 2.29. The number of benzene rings is 1. The first kappa shape index (κ1) is 21.4. The second-order valence-electron chi connectivity index (χ2n) is 3.85. The van der Waals surface area contributed by atoms with Gasteiger partial charge in [-0.1, -0.05) is 0 Å². The molecule has 0 atom stereocenters. The molecule has 2 N–H and O–H groups in total. The number of nitrogens with zero attached hydrogens (tertiary/aromatic N) is 1. The molecule has 0 heterocycles. The molecule has 0 spiro atoms. The normalized spacial score (nSPS) is 12.3. The minimum Gasteiger partial charge on any atom is -0.538 e. The summed E-state index contributed by atoms with van der Waals surface area (Å²) in [6.07, 6.45) is 0. The number of anilines is 1. The van der Waals surface area contributed by atoms with Crippen molar-refractivity contribution in [1.29, 1.82) is 0 Å². The van der Waals surface area contributed by atoms with E-state index < -0.39 is 34.7 Å². The predicted molar refractivity (Wildman–Crippen MR) is 102 cm³/mol. The zero-order valence-corrected chi connectivity index (χ0v) is 18.1. The molecule has 0 aromatic heterocycles. The van der Waals surface area contributed by atoms with Crippen LogP contribution < -0.4 is 5.73 Å². The van der Waals surface area contributed by atoms with E-state index in [1.165, 1.54) is 0 Å². The summed E-state index contributed by atoms with van der Waals surface area (Å²) in [5.41, 5.74) is 0.881. The Morgan fingerprint density at radius 1 is 1.26 bits per heavy atom. The third-order valence-corrected chi connectivity index (χ3v) is 6.26. The van der Waals surface area contributed by atoms with Gasteiger partial charge in [-0.15, -0.1) is 6.54 Å². The van der Waals surface area contributed by atoms with E-state index >= 15 is 0 Å². The maximum Gasteiger partial charge on any atom is 0.480 e. The van der Waals surface area contributed by atoms with Crippen molar-refractivity contribution < 1.29 is 31.1 Å². The summed E-state index contributed by atoms with van der Waals surface area (Å²) in [7, 11) is -5.58. The number of carbonyl (C=O) groups is 1. The molecule has 23 heavy (non-hydrogen) atoms. The van der Waals surface area contributed by atoms with Crippen molar-refractivity contribution in [2.45, 2.75) is 5.51 Å². The van der Waals surface area contributed by atoms with E-state index in [1.54, 1.807) is 6.07 Å². The van der Waals surface area contributed by atoms with Crippen LogP contribution in [0.3, 0.4) is 0 Å². The molecular weight excluding hydrogens is 682 g/mol. The van der Waals surface area contributed by atoms with E-state index in [0.29, 0.717) is 12.8 Å². The number of carbonyl (C=O) groups excluding carboxylic acids is 1. The molecule has 0 aliphatic carbocycles. The molecule has 6 nitrogen and oxygen atoms in total. The van der Waals surface area contributed by atoms with E-state index in [9.17, 15) is 26.4 Å². The van der Waals surface area contributed by atoms with Crippen molar-refractivity contribution >= 4 is 89.5 Å². The summed E-state index contributed by atoms with van der Waals surface area (Å²) in [5, 5.41) is 0. The number of hydrogen-bond acceptors (Lipinski definition) is 5. The van der Waals surface area contributed by atoms with E-state index in [1.807, 2.05) is 67.8 Å². The van der Waals surface area contributed by atoms with E-state index in [2.05, 4.69) is 4.72 Å². The lowest BCUT2D eigenvalue weighted by atomic mass is 10.2. The molecular formula is C10H7F3I3N2O4S-. The van der Waals surface area contributed by atoms with Gasteiger partial charge in [-0.2, -0.15) is 13.2 Å². The largest absolute Gasteiger partial charge is 0.538 e. The fourth-order valence-electron chi connectivity index (χ4n) is 1.23. The van der Waals surface area contributed by atoms with Gasteiger partial charge >= 0.3 is 11.5 Å². The summed E-state index contributed by atoms with van der Waals surface area (Å²) < 4.78 is 66.6. The Kier molecular flexibility index (Phi) is 7.61. The van der Waals surface area contributed by atoms with Crippen LogP contribution in [0.25, 0.3) is 4.72 Å². The summed E-state index contributed by atoms with van der Waals surface area (Å²) in [5.74, 6) is -0.818. The zero-order valence-electron chi connectivity index (χ0n) is 10.8. The standard InChI is InChI=1S/C10H7F3I3N2O4S/c11-10(12,13)23(20,21)18-1-2-22-9(19)6-4(14)3-5(15)8(17)7(6)16/h3H,1-2,17H2/q-1. The summed E-state index contributed by atoms with van der Waals surface area (Å²) in [4.78, 5) is 12.0. The Labute approximate surface area is 170 Å². The van der Waals surface area contributed by atoms with Gasteiger partial charge in [0.05, 0.1) is 21.4 Å². The number of ether oxygens (including phenoxy) is 1. The van der Waals surface area contributed by atoms with Crippen LogP contribution >= 0.6 is 67.8 Å². The van der Waals surface area contributed by atoms with Crippen LogP contribution in [0.2, 0.25) is 0 Å². The SMILES string of the molecule is Nc1c(I)cc(I)c(C(=O)OCC[N-]S(=O)(=O)C(F)(F)F)c1I. The second-order valence-corrected chi connectivity index (χ2v) is 8.93. The molecule has 1 aromatic rings. The molecule has 0 amide bonds. The van der Waals surface area contributed by atoms with Gasteiger partial charge in [-0.05, 0) is 73.8 Å². The lowest BCUT2D eigenvalue weighted by Gasteiger charge is -2.21. The number of hydrogen-bond donors (Lipinski definition) is 1. The van der Waals surface area contributed by atoms with Gasteiger partial charge in [-0.3, -0.25) is 0 Å². The molecule has 1 rings (SSSR count). The minimum absolute atomic E-state index is 0.169. The number of alkyl halides is 3. The second kappa shape index (κ2) is 8.17. The van der Waals surface area contributed by atoms with Gasteiger partial charge in [0.15, 0.2) is 10.0 Å². The summed E-state index contributed by atoms with van der Waals surface area (Å²) in [6.45, 7) is -1.42. The molecule has 0 radical (unpaired) electrons. The fraction of sp³-hybridized carbons (Fsp3) is 0.300. The molecule has 0 saturated heterocycles. The molecule has 13 heteroatoms. The molecule has 0 fully saturated rings. The molecule has 130 valence electrons. The number of sulfonamides is 1. The molecule has 0 unspecified atom stereocenters. The fourth-order valence-corrected chi connectivity index (χ4v) is 5.51. The zero-order chi connectivity index (χ0) is 18.0. The van der Waals surface area contributed by atoms with Crippen LogP contribution in [0, 0.1) is 10.7 Å². The van der Waals surface area contributed by atoms with Crippen LogP contribution in [-0.2, 0) is 14.8 Å². The highest BCUT2D eigenvalue weighted by atomic mass is 127. The van der Waals surface area contributed by atoms with Crippen molar-refractivity contribution in [3.63, 3.8) is 0 Å². The van der Waals surface area contributed by atoms with Crippen molar-refractivity contribution in [3.8, 4) is 0 Å². The van der Waals surface area contributed by atoms with Gasteiger partial charge in [0.2, 0.25) is 0 Å². The van der Waals surface area contributed by atoms with Crippen molar-refractivity contribution in [1.82, 2.24) is 0 Å². The van der Waals surface area contributed by atoms with Gasteiger partial charge in [0, 0.05) is 7.14 Å². The van der Waals surface area contributed by atoms with Gasteiger partial charge in [0.1, 0.15) is 0 Å². The van der Waals surface area contributed by atoms with Crippen molar-refractivity contribution in [2.75, 3.05) is 18.9 Å². The first-order valence-electron chi connectivity index (χ1n) is 5.48. The van der Waals surface area contributed by atoms with Gasteiger partial charge < -0.3 is 15.2 Å². The van der Waals surface area contributed by atoms with Crippen LogP contribution in [0.4, 0.5) is 18.9 Å². The average Bonchev–Trinajstić information content (AvgIpc) is 2.40. The van der Waals surface area contributed by atoms with Crippen LogP contribution in [0.1, 0.15) is 10.4 Å². The monoisotopic (exact) mass is 689 g/mol. The topological polar surface area (TPSA) is 101 Å². The summed E-state index contributed by atoms with van der Waals surface area (Å²) >= 11 is 5.74. The first-order valence-corrected chi connectivity index (χ1v) is 10.2. The molecule has 1 aromatic carbocycles. The minimum atomic E-state index is -5.58. The highest BCUT2D eigenvalue weighted by Crippen LogP contribution is 2.30. The number of nitrogens with two attached hydrogens (primary N) is 1. The Morgan fingerprint density at radius 3 is 2.35 bits per heavy atom. The Hall–Kier alpha value is 0.380. The lowest BCUT2D eigenvalue weighted by molar-refractivity contribution is -0.0427. The van der Waals surface area contributed by atoms with Crippen LogP contribution in [0.5, 0.6) is 0 Å². The molecule has 0 bridgehead atoms. The summed E-state index contributed by atoms with van der Waals surface area (Å²) in [6, 6.07) is 1.65. The maximum atomic E-state index is 12.1. The van der Waals surface area contributed by atoms with Crippen LogP contribution in [0.15, 0.2) is 6.07 Å². The molecule has 0 saturated carbocycles. The number of esters is 1. The maximum absolute atomic E-state index is 12.1. The molecule has 0 aliphatic heterocycles. The Balaban J connectivity index is 2.72. The predicted octanol–water partition coefficient (Wildman–Crippen LogP) is 3.46. The number of halogens is 6. The van der Waals surface area contributed by atoms with E-state index in [-0.39, 0.29) is 5.56 Å². The average molecular weight is 689 g/mol. The van der Waals surface area contributed by atoms with Crippen LogP contribution in [-0.4, -0.2) is 33.0 Å². The smallest absolute Gasteiger partial charge is 0.480 e. The highest BCUT2D eigenvalue weighted by molar-refractivity contribution is 14.1. The van der Waals surface area contributed by atoms with E-state index in [0.717, 1.165) is 3.57 Å². The third kappa shape index (κ3) is 5.43. The molecule has 0 aliphatic rings. The number of nitrogen functional groups attached to an aromatic ring is 1. The van der Waals surface area contributed by atoms with Crippen molar-refractivity contribution in [2.24, 2.45) is 0 Å². The van der Waals surface area contributed by atoms with Gasteiger partial charge in [0.25, 0.3) is 0 Å². The van der Waals surface area contributed by atoms with Gasteiger partial charge in [-0.25, -0.2) is 13.2 Å². The quantitative estimate of drug-likeness (QED) is 0.221. The van der Waals surface area contributed by atoms with Crippen molar-refractivity contribution in [3.05, 3.63) is 27.1 Å². The highest BCUT2D eigenvalue weighted by Gasteiger charge is 2.38. The van der Waals surface area contributed by atoms with E-state index in [4.69, 9.17) is 10.5 Å². The first-order chi connectivity index (χ1) is 10.4. The number of rotatable bonds is 5. The lowest BCUT2D eigenvalue weighted by Crippen LogP contribution is -2.23. The Bertz CT molecular complexity index is 725.